The van der Waals surface area contributed by atoms with E-state index >= 15 is 0 Å². The van der Waals surface area contributed by atoms with Gasteiger partial charge >= 0.3 is 5.97 Å². The standard InChI is InChI=1S/C9H6ClFN2O2/c1-15-9(14)4-2-6(10)8-5(7(4)11)3-12-13-8/h2-3H,1H3,(H,12,13). The lowest BCUT2D eigenvalue weighted by Gasteiger charge is -2.02. The van der Waals surface area contributed by atoms with E-state index in [1.165, 1.54) is 19.4 Å². The number of carbonyl (C=O) groups is 1. The summed E-state index contributed by atoms with van der Waals surface area (Å²) in [4.78, 5) is 11.2. The van der Waals surface area contributed by atoms with Gasteiger partial charge in [0, 0.05) is 0 Å². The minimum atomic E-state index is -0.766. The molecule has 0 amide bonds. The van der Waals surface area contributed by atoms with Crippen molar-refractivity contribution in [1.82, 2.24) is 10.2 Å². The molecule has 0 radical (unpaired) electrons. The van der Waals surface area contributed by atoms with Crippen LogP contribution >= 0.6 is 11.6 Å². The van der Waals surface area contributed by atoms with Crippen molar-refractivity contribution in [2.75, 3.05) is 7.11 Å². The van der Waals surface area contributed by atoms with Gasteiger partial charge in [0.05, 0.1) is 34.8 Å². The summed E-state index contributed by atoms with van der Waals surface area (Å²) < 4.78 is 18.1. The van der Waals surface area contributed by atoms with Crippen molar-refractivity contribution in [2.45, 2.75) is 0 Å². The van der Waals surface area contributed by atoms with E-state index in [1.807, 2.05) is 0 Å². The van der Waals surface area contributed by atoms with Crippen molar-refractivity contribution < 1.29 is 13.9 Å². The number of H-pyrrole nitrogens is 1. The summed E-state index contributed by atoms with van der Waals surface area (Å²) in [5, 5.41) is 6.58. The predicted molar refractivity (Wildman–Crippen MR) is 52.4 cm³/mol. The van der Waals surface area contributed by atoms with Crippen molar-refractivity contribution in [3.63, 3.8) is 0 Å². The Balaban J connectivity index is 2.76. The Bertz CT molecular complexity index is 538. The van der Waals surface area contributed by atoms with Crippen molar-refractivity contribution in [2.24, 2.45) is 0 Å². The zero-order valence-electron chi connectivity index (χ0n) is 7.67. The van der Waals surface area contributed by atoms with Crippen LogP contribution in [0, 0.1) is 5.82 Å². The third-order valence-corrected chi connectivity index (χ3v) is 2.33. The SMILES string of the molecule is COC(=O)c1cc(Cl)c2[nH]ncc2c1F. The second-order valence-electron chi connectivity index (χ2n) is 2.87. The van der Waals surface area contributed by atoms with Crippen molar-refractivity contribution >= 4 is 28.5 Å². The third-order valence-electron chi connectivity index (χ3n) is 2.03. The number of carbonyl (C=O) groups excluding carboxylic acids is 1. The molecule has 2 rings (SSSR count). The fourth-order valence-corrected chi connectivity index (χ4v) is 1.55. The highest BCUT2D eigenvalue weighted by molar-refractivity contribution is 6.35. The number of rotatable bonds is 1. The Hall–Kier alpha value is -1.62. The summed E-state index contributed by atoms with van der Waals surface area (Å²) in [5.41, 5.74) is 0.165. The van der Waals surface area contributed by atoms with Crippen LogP contribution in [0.4, 0.5) is 4.39 Å². The lowest BCUT2D eigenvalue weighted by Crippen LogP contribution is -2.04. The Morgan fingerprint density at radius 1 is 1.67 bits per heavy atom. The molecule has 2 aromatic rings. The number of nitrogens with zero attached hydrogens (tertiary/aromatic N) is 1. The van der Waals surface area contributed by atoms with Crippen LogP contribution < -0.4 is 0 Å². The molecule has 0 bridgehead atoms. The number of nitrogens with one attached hydrogen (secondary N) is 1. The van der Waals surface area contributed by atoms with Gasteiger partial charge in [-0.05, 0) is 6.07 Å². The molecule has 0 atom stereocenters. The number of aromatic amines is 1. The largest absolute Gasteiger partial charge is 0.465 e. The van der Waals surface area contributed by atoms with E-state index < -0.39 is 11.8 Å². The average Bonchev–Trinajstić information content (AvgIpc) is 2.71. The molecule has 6 heteroatoms. The second-order valence-corrected chi connectivity index (χ2v) is 3.28. The Kier molecular flexibility index (Phi) is 2.32. The van der Waals surface area contributed by atoms with Crippen LogP contribution in [-0.4, -0.2) is 23.3 Å². The van der Waals surface area contributed by atoms with Crippen LogP contribution in [0.1, 0.15) is 10.4 Å². The van der Waals surface area contributed by atoms with Crippen LogP contribution in [0.5, 0.6) is 0 Å². The fourth-order valence-electron chi connectivity index (χ4n) is 1.30. The first-order valence-corrected chi connectivity index (χ1v) is 4.42. The number of hydrogen-bond acceptors (Lipinski definition) is 3. The summed E-state index contributed by atoms with van der Waals surface area (Å²) in [6.45, 7) is 0. The fraction of sp³-hybridized carbons (Fsp3) is 0.111. The monoisotopic (exact) mass is 228 g/mol. The number of halogens is 2. The van der Waals surface area contributed by atoms with Crippen LogP contribution in [0.25, 0.3) is 10.9 Å². The predicted octanol–water partition coefficient (Wildman–Crippen LogP) is 2.14. The maximum absolute atomic E-state index is 13.7. The summed E-state index contributed by atoms with van der Waals surface area (Å²) in [5.74, 6) is -1.45. The van der Waals surface area contributed by atoms with E-state index in [2.05, 4.69) is 14.9 Å². The molecule has 1 aromatic carbocycles. The number of methoxy groups -OCH3 is 1. The number of hydrogen-bond donors (Lipinski definition) is 1. The van der Waals surface area contributed by atoms with E-state index in [4.69, 9.17) is 11.6 Å². The zero-order chi connectivity index (χ0) is 11.0. The van der Waals surface area contributed by atoms with Gasteiger partial charge in [0.15, 0.2) is 0 Å². The van der Waals surface area contributed by atoms with Crippen molar-refractivity contribution in [3.05, 3.63) is 28.7 Å². The van der Waals surface area contributed by atoms with Crippen LogP contribution in [-0.2, 0) is 4.74 Å². The van der Waals surface area contributed by atoms with E-state index in [1.54, 1.807) is 0 Å². The first-order chi connectivity index (χ1) is 7.15. The van der Waals surface area contributed by atoms with Gasteiger partial charge in [-0.25, -0.2) is 9.18 Å². The molecule has 78 valence electrons. The Morgan fingerprint density at radius 2 is 2.40 bits per heavy atom. The number of aromatic nitrogens is 2. The maximum atomic E-state index is 13.7. The molecule has 0 spiro atoms. The van der Waals surface area contributed by atoms with Crippen LogP contribution in [0.15, 0.2) is 12.3 Å². The van der Waals surface area contributed by atoms with Gasteiger partial charge in [0.2, 0.25) is 0 Å². The first kappa shape index (κ1) is 9.92. The highest BCUT2D eigenvalue weighted by Gasteiger charge is 2.18. The average molecular weight is 229 g/mol. The molecule has 1 N–H and O–H groups in total. The summed E-state index contributed by atoms with van der Waals surface area (Å²) in [6, 6.07) is 1.21. The number of esters is 1. The van der Waals surface area contributed by atoms with Crippen molar-refractivity contribution in [3.8, 4) is 0 Å². The van der Waals surface area contributed by atoms with Crippen LogP contribution in [0.2, 0.25) is 5.02 Å². The second kappa shape index (κ2) is 3.51. The van der Waals surface area contributed by atoms with E-state index in [-0.39, 0.29) is 16.0 Å². The summed E-state index contributed by atoms with van der Waals surface area (Å²) >= 11 is 5.83. The van der Waals surface area contributed by atoms with Gasteiger partial charge < -0.3 is 4.74 Å². The molecule has 0 aliphatic carbocycles. The number of benzene rings is 1. The molecule has 0 unspecified atom stereocenters. The number of fused-ring (bicyclic) bond motifs is 1. The molecule has 0 saturated carbocycles. The quantitative estimate of drug-likeness (QED) is 0.761. The molecule has 0 fully saturated rings. The lowest BCUT2D eigenvalue weighted by atomic mass is 10.1. The normalized spacial score (nSPS) is 10.6. The molecular weight excluding hydrogens is 223 g/mol. The smallest absolute Gasteiger partial charge is 0.340 e. The van der Waals surface area contributed by atoms with Gasteiger partial charge in [-0.15, -0.1) is 0 Å². The summed E-state index contributed by atoms with van der Waals surface area (Å²) in [6.07, 6.45) is 1.27. The third kappa shape index (κ3) is 1.45. The molecule has 1 aromatic heterocycles. The van der Waals surface area contributed by atoms with Gasteiger partial charge in [-0.2, -0.15) is 5.10 Å². The zero-order valence-corrected chi connectivity index (χ0v) is 8.43. The number of ether oxygens (including phenoxy) is 1. The Morgan fingerprint density at radius 3 is 3.07 bits per heavy atom. The van der Waals surface area contributed by atoms with Crippen molar-refractivity contribution in [1.29, 1.82) is 0 Å². The van der Waals surface area contributed by atoms with E-state index in [0.29, 0.717) is 5.52 Å². The minimum absolute atomic E-state index is 0.169. The molecule has 0 saturated heterocycles. The lowest BCUT2D eigenvalue weighted by molar-refractivity contribution is 0.0596. The van der Waals surface area contributed by atoms with Crippen LogP contribution in [0.3, 0.4) is 0 Å². The minimum Gasteiger partial charge on any atom is -0.465 e. The molecule has 0 aliphatic heterocycles. The molecule has 4 nitrogen and oxygen atoms in total. The van der Waals surface area contributed by atoms with E-state index in [0.717, 1.165) is 0 Å². The summed E-state index contributed by atoms with van der Waals surface area (Å²) in [7, 11) is 1.18. The molecular formula is C9H6ClFN2O2. The molecule has 1 heterocycles. The topological polar surface area (TPSA) is 55.0 Å². The highest BCUT2D eigenvalue weighted by Crippen LogP contribution is 2.27. The van der Waals surface area contributed by atoms with E-state index in [9.17, 15) is 9.18 Å². The molecule has 15 heavy (non-hydrogen) atoms. The maximum Gasteiger partial charge on any atom is 0.340 e. The van der Waals surface area contributed by atoms with Gasteiger partial charge in [0.1, 0.15) is 5.82 Å². The van der Waals surface area contributed by atoms with Gasteiger partial charge in [0.25, 0.3) is 0 Å². The first-order valence-electron chi connectivity index (χ1n) is 4.04. The highest BCUT2D eigenvalue weighted by atomic mass is 35.5. The molecule has 0 aliphatic rings. The van der Waals surface area contributed by atoms with Gasteiger partial charge in [-0.1, -0.05) is 11.6 Å². The Labute approximate surface area is 89.0 Å². The van der Waals surface area contributed by atoms with Gasteiger partial charge in [-0.3, -0.25) is 5.10 Å².